The van der Waals surface area contributed by atoms with Gasteiger partial charge in [0.05, 0.1) is 16.5 Å². The summed E-state index contributed by atoms with van der Waals surface area (Å²) in [6.45, 7) is 1.60. The monoisotopic (exact) mass is 526 g/mol. The molecule has 1 fully saturated rings. The second-order valence-corrected chi connectivity index (χ2v) is 11.6. The normalized spacial score (nSPS) is 19.9. The lowest BCUT2D eigenvalue weighted by molar-refractivity contribution is -0.182. The number of hydrogen-bond donors (Lipinski definition) is 3. The molecule has 0 heterocycles. The van der Waals surface area contributed by atoms with Crippen LogP contribution in [0.5, 0.6) is 5.75 Å². The first-order valence-corrected chi connectivity index (χ1v) is 13.2. The lowest BCUT2D eigenvalue weighted by Crippen LogP contribution is -2.40. The molecule has 3 N–H and O–H groups in total. The number of aromatic hydroxyl groups is 1. The van der Waals surface area contributed by atoms with Crippen LogP contribution in [-0.2, 0) is 20.0 Å². The molecule has 0 amide bonds. The van der Waals surface area contributed by atoms with Crippen LogP contribution in [0.15, 0.2) is 46.2 Å². The first kappa shape index (κ1) is 25.6. The van der Waals surface area contributed by atoms with E-state index >= 15 is 0 Å². The topological polar surface area (TPSA) is 113 Å². The number of phenols is 1. The van der Waals surface area contributed by atoms with Crippen LogP contribution in [0, 0.1) is 12.8 Å². The van der Waals surface area contributed by atoms with E-state index in [2.05, 4.69) is 9.44 Å². The molecule has 0 unspecified atom stereocenters. The average molecular weight is 527 g/mol. The molecule has 0 radical (unpaired) electrons. The van der Waals surface area contributed by atoms with Crippen molar-refractivity contribution >= 4 is 37.3 Å². The summed E-state index contributed by atoms with van der Waals surface area (Å²) < 4.78 is 94.4. The number of halogens is 4. The molecule has 0 aliphatic heterocycles. The highest BCUT2D eigenvalue weighted by Gasteiger charge is 2.42. The molecule has 2 aromatic rings. The molecule has 182 valence electrons. The maximum Gasteiger partial charge on any atom is 0.391 e. The van der Waals surface area contributed by atoms with E-state index in [1.54, 1.807) is 13.0 Å². The molecule has 33 heavy (non-hydrogen) atoms. The number of hydrogen-bond acceptors (Lipinski definition) is 5. The van der Waals surface area contributed by atoms with Crippen LogP contribution in [0.1, 0.15) is 31.2 Å². The predicted octanol–water partition coefficient (Wildman–Crippen LogP) is 4.55. The van der Waals surface area contributed by atoms with Crippen LogP contribution in [0.2, 0.25) is 5.02 Å². The number of benzene rings is 2. The van der Waals surface area contributed by atoms with Crippen molar-refractivity contribution in [1.82, 2.24) is 4.72 Å². The molecule has 0 bridgehead atoms. The maximum absolute atomic E-state index is 12.8. The molecule has 0 saturated heterocycles. The second-order valence-electron chi connectivity index (χ2n) is 7.86. The molecule has 0 spiro atoms. The third-order valence-electron chi connectivity index (χ3n) is 5.56. The van der Waals surface area contributed by atoms with Crippen LogP contribution in [0.3, 0.4) is 0 Å². The molecule has 3 rings (SSSR count). The number of alkyl halides is 3. The van der Waals surface area contributed by atoms with Crippen molar-refractivity contribution in [2.45, 2.75) is 54.6 Å². The van der Waals surface area contributed by atoms with Crippen LogP contribution in [0.4, 0.5) is 18.9 Å². The summed E-state index contributed by atoms with van der Waals surface area (Å²) in [7, 11) is -8.65. The molecular formula is C20H22ClF3N2O5S2. The van der Waals surface area contributed by atoms with Crippen LogP contribution >= 0.6 is 11.6 Å². The second kappa shape index (κ2) is 9.32. The van der Waals surface area contributed by atoms with Gasteiger partial charge in [0.15, 0.2) is 0 Å². The standard InChI is InChI=1S/C20H22ClF3N2O5S2/c1-12-16(21)3-2-4-17(12)26-32(28,29)15-9-10-18(27)19(11-15)33(30,31)25-14-7-5-13(6-8-14)20(22,23)24/h2-4,9-11,13-14,25-27H,5-8H2,1H3. The number of anilines is 1. The Morgan fingerprint density at radius 1 is 1.00 bits per heavy atom. The van der Waals surface area contributed by atoms with Crippen molar-refractivity contribution in [1.29, 1.82) is 0 Å². The summed E-state index contributed by atoms with van der Waals surface area (Å²) in [6, 6.07) is 6.59. The van der Waals surface area contributed by atoms with Gasteiger partial charge in [-0.1, -0.05) is 17.7 Å². The fraction of sp³-hybridized carbons (Fsp3) is 0.400. The summed E-state index contributed by atoms with van der Waals surface area (Å²) in [5, 5.41) is 10.4. The van der Waals surface area contributed by atoms with Gasteiger partial charge in [0.25, 0.3) is 10.0 Å². The number of phenolic OH excluding ortho intramolecular Hbond substituents is 1. The molecule has 0 aromatic heterocycles. The number of nitrogens with one attached hydrogen (secondary N) is 2. The minimum atomic E-state index is -4.41. The molecule has 7 nitrogen and oxygen atoms in total. The fourth-order valence-corrected chi connectivity index (χ4v) is 6.44. The average Bonchev–Trinajstić information content (AvgIpc) is 2.71. The van der Waals surface area contributed by atoms with Gasteiger partial charge in [0, 0.05) is 11.1 Å². The fourth-order valence-electron chi connectivity index (χ4n) is 3.62. The Morgan fingerprint density at radius 3 is 2.24 bits per heavy atom. The van der Waals surface area contributed by atoms with E-state index in [0.29, 0.717) is 10.6 Å². The zero-order valence-corrected chi connectivity index (χ0v) is 19.7. The molecule has 13 heteroatoms. The number of sulfonamides is 2. The first-order valence-electron chi connectivity index (χ1n) is 9.91. The zero-order valence-electron chi connectivity index (χ0n) is 17.4. The third-order valence-corrected chi connectivity index (χ3v) is 8.88. The molecular weight excluding hydrogens is 505 g/mol. The van der Waals surface area contributed by atoms with Gasteiger partial charge in [0.1, 0.15) is 10.6 Å². The highest BCUT2D eigenvalue weighted by Crippen LogP contribution is 2.38. The van der Waals surface area contributed by atoms with Crippen molar-refractivity contribution in [2.24, 2.45) is 5.92 Å². The van der Waals surface area contributed by atoms with Crippen LogP contribution < -0.4 is 9.44 Å². The lowest BCUT2D eigenvalue weighted by atomic mass is 9.86. The van der Waals surface area contributed by atoms with Crippen molar-refractivity contribution < 1.29 is 35.1 Å². The SMILES string of the molecule is Cc1c(Cl)cccc1NS(=O)(=O)c1ccc(O)c(S(=O)(=O)NC2CCC(C(F)(F)F)CC2)c1. The van der Waals surface area contributed by atoms with Gasteiger partial charge in [-0.2, -0.15) is 13.2 Å². The summed E-state index contributed by atoms with van der Waals surface area (Å²) >= 11 is 6.00. The predicted molar refractivity (Wildman–Crippen MR) is 117 cm³/mol. The Labute approximate surface area is 195 Å². The summed E-state index contributed by atoms with van der Waals surface area (Å²) in [5.74, 6) is -2.18. The summed E-state index contributed by atoms with van der Waals surface area (Å²) in [6.07, 6.45) is -4.84. The molecule has 0 atom stereocenters. The van der Waals surface area contributed by atoms with Crippen molar-refractivity contribution in [3.63, 3.8) is 0 Å². The maximum atomic E-state index is 12.8. The van der Waals surface area contributed by atoms with Crippen LogP contribution in [0.25, 0.3) is 0 Å². The van der Waals surface area contributed by atoms with E-state index in [4.69, 9.17) is 11.6 Å². The zero-order chi connectivity index (χ0) is 24.6. The van der Waals surface area contributed by atoms with E-state index in [9.17, 15) is 35.1 Å². The van der Waals surface area contributed by atoms with Gasteiger partial charge in [0.2, 0.25) is 10.0 Å². The van der Waals surface area contributed by atoms with E-state index in [0.717, 1.165) is 18.2 Å². The van der Waals surface area contributed by atoms with Gasteiger partial charge in [-0.05, 0) is 68.5 Å². The first-order chi connectivity index (χ1) is 15.2. The van der Waals surface area contributed by atoms with Crippen LogP contribution in [-0.4, -0.2) is 34.2 Å². The van der Waals surface area contributed by atoms with Gasteiger partial charge < -0.3 is 5.11 Å². The van der Waals surface area contributed by atoms with Crippen molar-refractivity contribution in [3.05, 3.63) is 47.0 Å². The quantitative estimate of drug-likeness (QED) is 0.511. The van der Waals surface area contributed by atoms with Gasteiger partial charge >= 0.3 is 6.18 Å². The molecule has 1 aliphatic carbocycles. The van der Waals surface area contributed by atoms with E-state index in [-0.39, 0.29) is 31.4 Å². The lowest BCUT2D eigenvalue weighted by Gasteiger charge is -2.30. The Morgan fingerprint density at radius 2 is 1.64 bits per heavy atom. The van der Waals surface area contributed by atoms with Gasteiger partial charge in [-0.3, -0.25) is 4.72 Å². The van der Waals surface area contributed by atoms with E-state index in [1.165, 1.54) is 12.1 Å². The Bertz CT molecular complexity index is 1240. The Hall–Kier alpha value is -2.02. The summed E-state index contributed by atoms with van der Waals surface area (Å²) in [4.78, 5) is -1.12. The largest absolute Gasteiger partial charge is 0.507 e. The Balaban J connectivity index is 1.82. The number of rotatable bonds is 6. The van der Waals surface area contributed by atoms with Gasteiger partial charge in [-0.25, -0.2) is 21.6 Å². The van der Waals surface area contributed by atoms with Crippen molar-refractivity contribution in [2.75, 3.05) is 4.72 Å². The smallest absolute Gasteiger partial charge is 0.391 e. The summed E-state index contributed by atoms with van der Waals surface area (Å²) in [5.41, 5.74) is 0.657. The highest BCUT2D eigenvalue weighted by atomic mass is 35.5. The van der Waals surface area contributed by atoms with Gasteiger partial charge in [-0.15, -0.1) is 0 Å². The third kappa shape index (κ3) is 5.92. The van der Waals surface area contributed by atoms with E-state index in [1.807, 2.05) is 0 Å². The highest BCUT2D eigenvalue weighted by molar-refractivity contribution is 7.93. The van der Waals surface area contributed by atoms with E-state index < -0.39 is 53.7 Å². The minimum absolute atomic E-state index is 0.0300. The molecule has 2 aromatic carbocycles. The van der Waals surface area contributed by atoms with Crippen molar-refractivity contribution in [3.8, 4) is 5.75 Å². The molecule has 1 saturated carbocycles. The minimum Gasteiger partial charge on any atom is -0.507 e. The molecule has 1 aliphatic rings. The Kier molecular flexibility index (Phi) is 7.23.